The third kappa shape index (κ3) is 4.97. The van der Waals surface area contributed by atoms with Gasteiger partial charge in [-0.2, -0.15) is 0 Å². The Morgan fingerprint density at radius 1 is 1.25 bits per heavy atom. The van der Waals surface area contributed by atoms with Crippen molar-refractivity contribution in [3.63, 3.8) is 0 Å². The molecule has 0 aliphatic heterocycles. The van der Waals surface area contributed by atoms with Gasteiger partial charge in [0.25, 0.3) is 0 Å². The summed E-state index contributed by atoms with van der Waals surface area (Å²) < 4.78 is 1.13. The van der Waals surface area contributed by atoms with Crippen LogP contribution in [-0.2, 0) is 0 Å². The molecular formula is C12H9BrCl2O. The van der Waals surface area contributed by atoms with Crippen LogP contribution in [0.3, 0.4) is 0 Å². The lowest BCUT2D eigenvalue weighted by molar-refractivity contribution is 0.0996. The Kier molecular flexibility index (Phi) is 5.81. The van der Waals surface area contributed by atoms with Crippen LogP contribution in [0.2, 0.25) is 0 Å². The normalized spacial score (nSPS) is 10.4. The molecule has 1 aromatic carbocycles. The van der Waals surface area contributed by atoms with Crippen LogP contribution in [0.15, 0.2) is 51.5 Å². The number of ketones is 1. The van der Waals surface area contributed by atoms with E-state index in [9.17, 15) is 4.79 Å². The van der Waals surface area contributed by atoms with E-state index in [1.165, 1.54) is 6.08 Å². The molecule has 0 amide bonds. The molecule has 0 aliphatic rings. The maximum atomic E-state index is 11.6. The van der Waals surface area contributed by atoms with Gasteiger partial charge in [0, 0.05) is 16.5 Å². The summed E-state index contributed by atoms with van der Waals surface area (Å²) in [5.41, 5.74) is 0.689. The van der Waals surface area contributed by atoms with Gasteiger partial charge >= 0.3 is 0 Å². The number of Topliss-reactive ketones (excluding diaryl/α,β-unsaturated/α-hetero) is 1. The van der Waals surface area contributed by atoms with Crippen LogP contribution in [0.5, 0.6) is 0 Å². The molecule has 4 heteroatoms. The molecule has 0 atom stereocenters. The van der Waals surface area contributed by atoms with Crippen molar-refractivity contribution in [3.05, 3.63) is 57.0 Å². The monoisotopic (exact) mass is 318 g/mol. The summed E-state index contributed by atoms with van der Waals surface area (Å²) in [7, 11) is 0. The molecule has 1 rings (SSSR count). The van der Waals surface area contributed by atoms with E-state index < -0.39 is 0 Å². The zero-order valence-electron chi connectivity index (χ0n) is 8.29. The number of allylic oxidation sites excluding steroid dienone is 3. The zero-order chi connectivity index (χ0) is 12.0. The van der Waals surface area contributed by atoms with Crippen LogP contribution >= 0.6 is 39.1 Å². The minimum Gasteiger partial charge on any atom is -0.294 e. The van der Waals surface area contributed by atoms with Crippen LogP contribution in [0.4, 0.5) is 0 Å². The minimum atomic E-state index is 0.0582. The Labute approximate surface area is 113 Å². The summed E-state index contributed by atoms with van der Waals surface area (Å²) >= 11 is 14.1. The maximum Gasteiger partial charge on any atom is 0.166 e. The Bertz CT molecular complexity index is 417. The van der Waals surface area contributed by atoms with Gasteiger partial charge in [0.15, 0.2) is 5.78 Å². The highest BCUT2D eigenvalue weighted by Gasteiger charge is 2.02. The quantitative estimate of drug-likeness (QED) is 0.570. The van der Waals surface area contributed by atoms with Gasteiger partial charge in [0.05, 0.1) is 0 Å². The molecule has 16 heavy (non-hydrogen) atoms. The predicted octanol–water partition coefficient (Wildman–Crippen LogP) is 4.90. The Morgan fingerprint density at radius 2 is 1.88 bits per heavy atom. The summed E-state index contributed by atoms with van der Waals surface area (Å²) in [6, 6.07) is 7.24. The smallest absolute Gasteiger partial charge is 0.166 e. The SMILES string of the molecule is O=C(C/C=C/C=C(Cl)Cl)c1ccc(Br)cc1. The first kappa shape index (κ1) is 13.5. The number of hydrogen-bond acceptors (Lipinski definition) is 1. The van der Waals surface area contributed by atoms with Crippen LogP contribution in [0.1, 0.15) is 16.8 Å². The molecule has 0 heterocycles. The first-order valence-electron chi connectivity index (χ1n) is 4.56. The van der Waals surface area contributed by atoms with Crippen molar-refractivity contribution < 1.29 is 4.79 Å². The fourth-order valence-electron chi connectivity index (χ4n) is 1.07. The van der Waals surface area contributed by atoms with Crippen LogP contribution in [0.25, 0.3) is 0 Å². The van der Waals surface area contributed by atoms with E-state index in [0.717, 1.165) is 4.47 Å². The minimum absolute atomic E-state index is 0.0582. The molecule has 0 aliphatic carbocycles. The Morgan fingerprint density at radius 3 is 2.44 bits per heavy atom. The largest absolute Gasteiger partial charge is 0.294 e. The van der Waals surface area contributed by atoms with Gasteiger partial charge < -0.3 is 0 Å². The summed E-state index contributed by atoms with van der Waals surface area (Å²) in [6.45, 7) is 0. The highest BCUT2D eigenvalue weighted by atomic mass is 79.9. The second kappa shape index (κ2) is 6.89. The lowest BCUT2D eigenvalue weighted by Crippen LogP contribution is -1.95. The van der Waals surface area contributed by atoms with Gasteiger partial charge in [0.2, 0.25) is 0 Å². The van der Waals surface area contributed by atoms with Gasteiger partial charge in [-0.25, -0.2) is 0 Å². The van der Waals surface area contributed by atoms with Crippen molar-refractivity contribution in [2.75, 3.05) is 0 Å². The van der Waals surface area contributed by atoms with Gasteiger partial charge in [-0.15, -0.1) is 0 Å². The number of benzene rings is 1. The average molecular weight is 320 g/mol. The molecule has 0 aromatic heterocycles. The van der Waals surface area contributed by atoms with Gasteiger partial charge in [0.1, 0.15) is 4.49 Å². The van der Waals surface area contributed by atoms with Gasteiger partial charge in [-0.3, -0.25) is 4.79 Å². The number of carbonyl (C=O) groups is 1. The molecular weight excluding hydrogens is 311 g/mol. The van der Waals surface area contributed by atoms with Crippen molar-refractivity contribution in [2.24, 2.45) is 0 Å². The highest BCUT2D eigenvalue weighted by Crippen LogP contribution is 2.12. The molecule has 0 bridgehead atoms. The standard InChI is InChI=1S/C12H9BrCl2O/c13-10-7-5-9(6-8-10)11(16)3-1-2-4-12(14)15/h1-2,4-8H,3H2/b2-1+. The van der Waals surface area contributed by atoms with E-state index in [0.29, 0.717) is 12.0 Å². The van der Waals surface area contributed by atoms with Gasteiger partial charge in [-0.05, 0) is 18.2 Å². The maximum absolute atomic E-state index is 11.6. The van der Waals surface area contributed by atoms with Crippen LogP contribution in [0, 0.1) is 0 Å². The van der Waals surface area contributed by atoms with Crippen molar-refractivity contribution in [3.8, 4) is 0 Å². The molecule has 0 saturated carbocycles. The second-order valence-corrected chi connectivity index (χ2v) is 4.94. The lowest BCUT2D eigenvalue weighted by atomic mass is 10.1. The van der Waals surface area contributed by atoms with E-state index in [4.69, 9.17) is 23.2 Å². The number of rotatable bonds is 4. The molecule has 0 saturated heterocycles. The second-order valence-electron chi connectivity index (χ2n) is 3.02. The molecule has 84 valence electrons. The number of carbonyl (C=O) groups excluding carboxylic acids is 1. The first-order valence-corrected chi connectivity index (χ1v) is 6.11. The van der Waals surface area contributed by atoms with Gasteiger partial charge in [-0.1, -0.05) is 63.4 Å². The van der Waals surface area contributed by atoms with Crippen molar-refractivity contribution >= 4 is 44.9 Å². The Hall–Kier alpha value is -0.570. The average Bonchev–Trinajstić information content (AvgIpc) is 2.25. The number of halogens is 3. The highest BCUT2D eigenvalue weighted by molar-refractivity contribution is 9.10. The van der Waals surface area contributed by atoms with E-state index in [-0.39, 0.29) is 10.3 Å². The van der Waals surface area contributed by atoms with Crippen LogP contribution < -0.4 is 0 Å². The molecule has 0 spiro atoms. The van der Waals surface area contributed by atoms with Crippen molar-refractivity contribution in [2.45, 2.75) is 6.42 Å². The third-order valence-electron chi connectivity index (χ3n) is 1.83. The van der Waals surface area contributed by atoms with Crippen LogP contribution in [-0.4, -0.2) is 5.78 Å². The molecule has 1 nitrogen and oxygen atoms in total. The summed E-state index contributed by atoms with van der Waals surface area (Å²) in [4.78, 5) is 11.6. The van der Waals surface area contributed by atoms with Crippen molar-refractivity contribution in [1.29, 1.82) is 0 Å². The van der Waals surface area contributed by atoms with E-state index >= 15 is 0 Å². The third-order valence-corrected chi connectivity index (χ3v) is 2.61. The topological polar surface area (TPSA) is 17.1 Å². The van der Waals surface area contributed by atoms with E-state index in [2.05, 4.69) is 15.9 Å². The Balaban J connectivity index is 2.56. The summed E-state index contributed by atoms with van der Waals surface area (Å²) in [6.07, 6.45) is 5.23. The molecule has 0 fully saturated rings. The first-order chi connectivity index (χ1) is 7.59. The fourth-order valence-corrected chi connectivity index (χ4v) is 1.48. The molecule has 0 N–H and O–H groups in total. The fraction of sp³-hybridized carbons (Fsp3) is 0.0833. The molecule has 0 radical (unpaired) electrons. The lowest BCUT2D eigenvalue weighted by Gasteiger charge is -1.97. The molecule has 1 aromatic rings. The number of hydrogen-bond donors (Lipinski definition) is 0. The van der Waals surface area contributed by atoms with E-state index in [1.54, 1.807) is 24.3 Å². The zero-order valence-corrected chi connectivity index (χ0v) is 11.4. The van der Waals surface area contributed by atoms with Crippen molar-refractivity contribution in [1.82, 2.24) is 0 Å². The predicted molar refractivity (Wildman–Crippen MR) is 72.0 cm³/mol. The molecule has 0 unspecified atom stereocenters. The van der Waals surface area contributed by atoms with E-state index in [1.807, 2.05) is 12.1 Å². The summed E-state index contributed by atoms with van der Waals surface area (Å²) in [5, 5.41) is 0. The summed E-state index contributed by atoms with van der Waals surface area (Å²) in [5.74, 6) is 0.0582.